The monoisotopic (exact) mass is 212 g/mol. The number of aliphatic carboxylic acids is 3. The first-order chi connectivity index (χ1) is 6.23. The van der Waals surface area contributed by atoms with Crippen molar-refractivity contribution in [2.45, 2.75) is 13.8 Å². The van der Waals surface area contributed by atoms with E-state index in [2.05, 4.69) is 4.89 Å². The van der Waals surface area contributed by atoms with Crippen molar-refractivity contribution >= 4 is 17.9 Å². The van der Waals surface area contributed by atoms with E-state index in [-0.39, 0.29) is 0 Å². The van der Waals surface area contributed by atoms with Gasteiger partial charge in [-0.3, -0.25) is 14.8 Å². The molecule has 84 valence electrons. The maximum atomic E-state index is 9.31. The number of carbonyl (C=O) groups is 3. The molecule has 0 radical (unpaired) electrons. The molecule has 8 nitrogen and oxygen atoms in total. The van der Waals surface area contributed by atoms with Gasteiger partial charge in [-0.15, -0.1) is 0 Å². The highest BCUT2D eigenvalue weighted by Gasteiger charge is 1.89. The summed E-state index contributed by atoms with van der Waals surface area (Å²) in [6.45, 7) is 1.51. The average molecular weight is 212 g/mol. The number of hydrogen-bond donors (Lipinski definition) is 4. The Morgan fingerprint density at radius 2 is 1.21 bits per heavy atom. The van der Waals surface area contributed by atoms with Gasteiger partial charge in [-0.05, 0) is 0 Å². The Kier molecular flexibility index (Phi) is 18.0. The van der Waals surface area contributed by atoms with Gasteiger partial charge in [-0.2, -0.15) is 0 Å². The normalized spacial score (nSPS) is 7.07. The van der Waals surface area contributed by atoms with Crippen molar-refractivity contribution in [3.63, 3.8) is 0 Å². The van der Waals surface area contributed by atoms with Gasteiger partial charge in [0.1, 0.15) is 0 Å². The van der Waals surface area contributed by atoms with Gasteiger partial charge in [0.25, 0.3) is 11.9 Å². The van der Waals surface area contributed by atoms with Crippen LogP contribution in [0, 0.1) is 0 Å². The number of carboxylic acids is 3. The maximum Gasteiger partial charge on any atom is 0.333 e. The number of hydrogen-bond acceptors (Lipinski definition) is 5. The van der Waals surface area contributed by atoms with E-state index in [1.807, 2.05) is 0 Å². The predicted octanol–water partition coefficient (Wildman–Crippen LogP) is -0.258. The molecule has 0 unspecified atom stereocenters. The first-order valence-corrected chi connectivity index (χ1v) is 3.11. The third-order valence-corrected chi connectivity index (χ3v) is 0.188. The largest absolute Gasteiger partial charge is 0.481 e. The minimum atomic E-state index is -1.18. The van der Waals surface area contributed by atoms with Gasteiger partial charge in [0, 0.05) is 13.8 Å². The van der Waals surface area contributed by atoms with Crippen LogP contribution in [0.2, 0.25) is 0 Å². The van der Waals surface area contributed by atoms with Crippen molar-refractivity contribution in [2.75, 3.05) is 6.61 Å². The summed E-state index contributed by atoms with van der Waals surface area (Å²) in [6, 6.07) is 0. The lowest BCUT2D eigenvalue weighted by Crippen LogP contribution is -2.03. The summed E-state index contributed by atoms with van der Waals surface area (Å²) < 4.78 is 0. The van der Waals surface area contributed by atoms with Crippen LogP contribution in [0.5, 0.6) is 0 Å². The molecule has 0 atom stereocenters. The molecule has 4 N–H and O–H groups in total. The van der Waals surface area contributed by atoms with E-state index < -0.39 is 24.5 Å². The summed E-state index contributed by atoms with van der Waals surface area (Å²) >= 11 is 0. The Labute approximate surface area is 79.3 Å². The Morgan fingerprint density at radius 1 is 1.00 bits per heavy atom. The second-order valence-corrected chi connectivity index (χ2v) is 1.71. The topological polar surface area (TPSA) is 141 Å². The van der Waals surface area contributed by atoms with Crippen LogP contribution in [-0.4, -0.2) is 45.1 Å². The summed E-state index contributed by atoms with van der Waals surface area (Å²) in [5, 5.41) is 29.8. The highest BCUT2D eigenvalue weighted by Crippen LogP contribution is 1.61. The molecule has 0 heterocycles. The van der Waals surface area contributed by atoms with Crippen molar-refractivity contribution in [1.82, 2.24) is 0 Å². The molecular formula is C6H12O8. The fourth-order valence-corrected chi connectivity index (χ4v) is 0.0552. The molecule has 0 saturated heterocycles. The Morgan fingerprint density at radius 3 is 1.21 bits per heavy atom. The first kappa shape index (κ1) is 18.2. The van der Waals surface area contributed by atoms with Crippen LogP contribution in [0.4, 0.5) is 0 Å². The summed E-state index contributed by atoms with van der Waals surface area (Å²) in [7, 11) is 0. The Bertz CT molecular complexity index is 155. The summed E-state index contributed by atoms with van der Waals surface area (Å²) in [4.78, 5) is 30.5. The molecule has 0 amide bonds. The van der Waals surface area contributed by atoms with E-state index in [1.165, 1.54) is 0 Å². The second-order valence-electron chi connectivity index (χ2n) is 1.71. The van der Waals surface area contributed by atoms with Crippen molar-refractivity contribution in [3.8, 4) is 0 Å². The lowest BCUT2D eigenvalue weighted by atomic mass is 10.8. The van der Waals surface area contributed by atoms with Gasteiger partial charge in [0.2, 0.25) is 0 Å². The van der Waals surface area contributed by atoms with Crippen LogP contribution in [-0.2, 0) is 19.3 Å². The second kappa shape index (κ2) is 13.9. The van der Waals surface area contributed by atoms with E-state index in [9.17, 15) is 4.79 Å². The van der Waals surface area contributed by atoms with Gasteiger partial charge >= 0.3 is 5.97 Å². The smallest absolute Gasteiger partial charge is 0.333 e. The van der Waals surface area contributed by atoms with Crippen LogP contribution in [0.25, 0.3) is 0 Å². The Hall–Kier alpha value is -1.67. The van der Waals surface area contributed by atoms with Gasteiger partial charge in [-0.25, -0.2) is 9.68 Å². The van der Waals surface area contributed by atoms with E-state index in [1.54, 1.807) is 0 Å². The molecule has 0 aromatic heterocycles. The zero-order chi connectivity index (χ0) is 12.1. The summed E-state index contributed by atoms with van der Waals surface area (Å²) in [5.74, 6) is -2.85. The average Bonchev–Trinajstić information content (AvgIpc) is 1.82. The predicted molar refractivity (Wildman–Crippen MR) is 42.8 cm³/mol. The molecule has 0 aliphatic rings. The molecule has 0 fully saturated rings. The molecular weight excluding hydrogens is 200 g/mol. The lowest BCUT2D eigenvalue weighted by Gasteiger charge is -1.81. The summed E-state index contributed by atoms with van der Waals surface area (Å²) in [5.41, 5.74) is 0. The quantitative estimate of drug-likeness (QED) is 0.362. The Balaban J connectivity index is -0.000000135. The highest BCUT2D eigenvalue weighted by atomic mass is 17.1. The van der Waals surface area contributed by atoms with E-state index in [0.717, 1.165) is 13.8 Å². The van der Waals surface area contributed by atoms with Crippen molar-refractivity contribution in [1.29, 1.82) is 0 Å². The van der Waals surface area contributed by atoms with Crippen LogP contribution in [0.1, 0.15) is 13.8 Å². The van der Waals surface area contributed by atoms with Crippen molar-refractivity contribution in [2.24, 2.45) is 0 Å². The van der Waals surface area contributed by atoms with Gasteiger partial charge < -0.3 is 15.3 Å². The minimum absolute atomic E-state index is 0.653. The number of carboxylic acid groups (broad SMARTS) is 3. The van der Waals surface area contributed by atoms with Crippen LogP contribution >= 0.6 is 0 Å². The molecule has 0 aromatic carbocycles. The van der Waals surface area contributed by atoms with Crippen molar-refractivity contribution in [3.05, 3.63) is 0 Å². The van der Waals surface area contributed by atoms with Gasteiger partial charge in [-0.1, -0.05) is 0 Å². The zero-order valence-corrected chi connectivity index (χ0v) is 7.63. The number of rotatable bonds is 2. The molecule has 0 aliphatic heterocycles. The van der Waals surface area contributed by atoms with Gasteiger partial charge in [0.15, 0.2) is 6.61 Å². The van der Waals surface area contributed by atoms with E-state index in [0.29, 0.717) is 0 Å². The standard InChI is InChI=1S/C2H4O4.2C2H4O2/c3-2(4)1-6-5;2*1-2(3)4/h5H,1H2,(H,3,4);2*1H3,(H,3,4). The SMILES string of the molecule is CC(=O)O.CC(=O)O.O=C(O)COO. The third-order valence-electron chi connectivity index (χ3n) is 0.188. The maximum absolute atomic E-state index is 9.31. The van der Waals surface area contributed by atoms with Crippen LogP contribution in [0.3, 0.4) is 0 Å². The fourth-order valence-electron chi connectivity index (χ4n) is 0.0552. The van der Waals surface area contributed by atoms with E-state index >= 15 is 0 Å². The van der Waals surface area contributed by atoms with E-state index in [4.69, 9.17) is 30.2 Å². The molecule has 0 aromatic rings. The highest BCUT2D eigenvalue weighted by molar-refractivity contribution is 5.67. The molecule has 0 rings (SSSR count). The van der Waals surface area contributed by atoms with Crippen LogP contribution < -0.4 is 0 Å². The molecule has 8 heteroatoms. The zero-order valence-electron chi connectivity index (χ0n) is 7.63. The fraction of sp³-hybridized carbons (Fsp3) is 0.500. The third kappa shape index (κ3) is 508. The molecule has 0 saturated carbocycles. The van der Waals surface area contributed by atoms with Crippen LogP contribution in [0.15, 0.2) is 0 Å². The first-order valence-electron chi connectivity index (χ1n) is 3.11. The molecule has 0 aliphatic carbocycles. The van der Waals surface area contributed by atoms with Gasteiger partial charge in [0.05, 0.1) is 0 Å². The molecule has 14 heavy (non-hydrogen) atoms. The molecule has 0 spiro atoms. The minimum Gasteiger partial charge on any atom is -0.481 e. The molecule has 0 bridgehead atoms. The summed E-state index contributed by atoms with van der Waals surface area (Å²) in [6.07, 6.45) is 0. The lowest BCUT2D eigenvalue weighted by molar-refractivity contribution is -0.243. The van der Waals surface area contributed by atoms with Crippen molar-refractivity contribution < 1.29 is 39.8 Å².